The zero-order chi connectivity index (χ0) is 10.9. The van der Waals surface area contributed by atoms with Crippen molar-refractivity contribution in [1.82, 2.24) is 0 Å². The van der Waals surface area contributed by atoms with Crippen LogP contribution in [0.15, 0.2) is 12.1 Å². The molecule has 0 spiro atoms. The highest BCUT2D eigenvalue weighted by Crippen LogP contribution is 2.29. The lowest BCUT2D eigenvalue weighted by atomic mass is 9.97. The van der Waals surface area contributed by atoms with E-state index in [0.29, 0.717) is 0 Å². The van der Waals surface area contributed by atoms with E-state index in [1.807, 2.05) is 0 Å². The molecule has 2 nitrogen and oxygen atoms in total. The molecule has 0 unspecified atom stereocenters. The lowest BCUT2D eigenvalue weighted by Gasteiger charge is -2.19. The number of rotatable bonds is 2. The Morgan fingerprint density at radius 3 is 2.29 bits per heavy atom. The van der Waals surface area contributed by atoms with Gasteiger partial charge in [-0.25, -0.2) is 8.78 Å². The quantitative estimate of drug-likeness (QED) is 0.796. The molecule has 0 aliphatic carbocycles. The normalized spacial score (nSPS) is 11.6. The van der Waals surface area contributed by atoms with Crippen molar-refractivity contribution < 1.29 is 18.6 Å². The molecule has 0 saturated carbocycles. The summed E-state index contributed by atoms with van der Waals surface area (Å²) in [5.41, 5.74) is -1.55. The second-order valence-electron chi connectivity index (χ2n) is 3.53. The van der Waals surface area contributed by atoms with E-state index in [-0.39, 0.29) is 11.3 Å². The molecule has 0 radical (unpaired) electrons. The predicted molar refractivity (Wildman–Crippen MR) is 48.2 cm³/mol. The molecule has 14 heavy (non-hydrogen) atoms. The maximum atomic E-state index is 13.5. The third-order valence-electron chi connectivity index (χ3n) is 1.88. The van der Waals surface area contributed by atoms with E-state index in [1.165, 1.54) is 21.0 Å². The van der Waals surface area contributed by atoms with Gasteiger partial charge in [0.2, 0.25) is 0 Å². The number of hydrogen-bond acceptors (Lipinski definition) is 2. The molecule has 78 valence electrons. The van der Waals surface area contributed by atoms with Crippen molar-refractivity contribution in [3.05, 3.63) is 29.3 Å². The molecule has 0 heterocycles. The van der Waals surface area contributed by atoms with Crippen LogP contribution < -0.4 is 4.74 Å². The number of benzene rings is 1. The molecule has 0 aromatic heterocycles. The van der Waals surface area contributed by atoms with Gasteiger partial charge in [-0.05, 0) is 19.9 Å². The van der Waals surface area contributed by atoms with Crippen LogP contribution in [0.5, 0.6) is 5.75 Å². The number of hydrogen-bond donors (Lipinski definition) is 1. The van der Waals surface area contributed by atoms with Crippen molar-refractivity contribution in [3.63, 3.8) is 0 Å². The minimum Gasteiger partial charge on any atom is -0.494 e. The second kappa shape index (κ2) is 3.53. The molecule has 0 atom stereocenters. The monoisotopic (exact) mass is 202 g/mol. The van der Waals surface area contributed by atoms with Crippen LogP contribution in [-0.2, 0) is 5.60 Å². The number of methoxy groups -OCH3 is 1. The van der Waals surface area contributed by atoms with Gasteiger partial charge in [0.05, 0.1) is 12.7 Å². The number of halogens is 2. The van der Waals surface area contributed by atoms with Gasteiger partial charge in [-0.1, -0.05) is 0 Å². The van der Waals surface area contributed by atoms with Crippen LogP contribution in [0.2, 0.25) is 0 Å². The Morgan fingerprint density at radius 2 is 1.86 bits per heavy atom. The van der Waals surface area contributed by atoms with Gasteiger partial charge >= 0.3 is 0 Å². The Morgan fingerprint density at radius 1 is 1.29 bits per heavy atom. The van der Waals surface area contributed by atoms with E-state index >= 15 is 0 Å². The van der Waals surface area contributed by atoms with Gasteiger partial charge in [-0.15, -0.1) is 0 Å². The summed E-state index contributed by atoms with van der Waals surface area (Å²) >= 11 is 0. The molecule has 1 rings (SSSR count). The molecule has 0 saturated heterocycles. The largest absolute Gasteiger partial charge is 0.494 e. The first-order valence-electron chi connectivity index (χ1n) is 4.12. The molecule has 1 aromatic rings. The number of ether oxygens (including phenoxy) is 1. The van der Waals surface area contributed by atoms with Crippen molar-refractivity contribution in [3.8, 4) is 5.75 Å². The lowest BCUT2D eigenvalue weighted by molar-refractivity contribution is 0.0735. The molecule has 0 aliphatic heterocycles. The maximum Gasteiger partial charge on any atom is 0.171 e. The average Bonchev–Trinajstić information content (AvgIpc) is 2.06. The maximum absolute atomic E-state index is 13.5. The SMILES string of the molecule is COc1cc(F)cc(C(C)(C)O)c1F. The van der Waals surface area contributed by atoms with Crippen molar-refractivity contribution in [2.24, 2.45) is 0 Å². The minimum atomic E-state index is -1.43. The van der Waals surface area contributed by atoms with Crippen molar-refractivity contribution >= 4 is 0 Å². The molecule has 0 amide bonds. The van der Waals surface area contributed by atoms with Crippen LogP contribution in [0.1, 0.15) is 19.4 Å². The van der Waals surface area contributed by atoms with E-state index in [0.717, 1.165) is 12.1 Å². The molecular formula is C10H12F2O2. The van der Waals surface area contributed by atoms with Crippen LogP contribution in [0.25, 0.3) is 0 Å². The summed E-state index contributed by atoms with van der Waals surface area (Å²) < 4.78 is 31.1. The van der Waals surface area contributed by atoms with Gasteiger partial charge in [0.25, 0.3) is 0 Å². The summed E-state index contributed by atoms with van der Waals surface area (Å²) in [5.74, 6) is -1.58. The fraction of sp³-hybridized carbons (Fsp3) is 0.400. The first-order valence-corrected chi connectivity index (χ1v) is 4.12. The molecular weight excluding hydrogens is 190 g/mol. The summed E-state index contributed by atoms with van der Waals surface area (Å²) in [6.07, 6.45) is 0. The topological polar surface area (TPSA) is 29.5 Å². The van der Waals surface area contributed by atoms with Crippen LogP contribution >= 0.6 is 0 Å². The van der Waals surface area contributed by atoms with Gasteiger partial charge in [0, 0.05) is 11.6 Å². The standard InChI is InChI=1S/C10H12F2O2/c1-10(2,13)7-4-6(11)5-8(14-3)9(7)12/h4-5,13H,1-3H3. The molecule has 1 aromatic carbocycles. The van der Waals surface area contributed by atoms with E-state index in [4.69, 9.17) is 0 Å². The fourth-order valence-corrected chi connectivity index (χ4v) is 1.16. The zero-order valence-electron chi connectivity index (χ0n) is 8.27. The smallest absolute Gasteiger partial charge is 0.171 e. The van der Waals surface area contributed by atoms with Crippen molar-refractivity contribution in [2.45, 2.75) is 19.4 Å². The Balaban J connectivity index is 3.37. The van der Waals surface area contributed by atoms with E-state index < -0.39 is 17.2 Å². The molecule has 1 N–H and O–H groups in total. The minimum absolute atomic E-state index is 0.116. The fourth-order valence-electron chi connectivity index (χ4n) is 1.16. The summed E-state index contributed by atoms with van der Waals surface area (Å²) in [5, 5.41) is 9.55. The molecule has 0 fully saturated rings. The Bertz CT molecular complexity index is 343. The Hall–Kier alpha value is -1.16. The lowest BCUT2D eigenvalue weighted by Crippen LogP contribution is -2.18. The first kappa shape index (κ1) is 10.9. The van der Waals surface area contributed by atoms with E-state index in [2.05, 4.69) is 4.74 Å². The van der Waals surface area contributed by atoms with Gasteiger partial charge < -0.3 is 9.84 Å². The average molecular weight is 202 g/mol. The Labute approximate surface area is 81.1 Å². The van der Waals surface area contributed by atoms with Gasteiger partial charge in [0.15, 0.2) is 11.6 Å². The van der Waals surface area contributed by atoms with Crippen LogP contribution in [0, 0.1) is 11.6 Å². The zero-order valence-corrected chi connectivity index (χ0v) is 8.27. The van der Waals surface area contributed by atoms with Crippen LogP contribution in [0.3, 0.4) is 0 Å². The summed E-state index contributed by atoms with van der Waals surface area (Å²) in [4.78, 5) is 0. The van der Waals surface area contributed by atoms with Crippen LogP contribution in [0.4, 0.5) is 8.78 Å². The molecule has 4 heteroatoms. The summed E-state index contributed by atoms with van der Waals surface area (Å²) in [6.45, 7) is 2.76. The summed E-state index contributed by atoms with van der Waals surface area (Å²) in [6, 6.07) is 1.89. The first-order chi connectivity index (χ1) is 6.36. The van der Waals surface area contributed by atoms with Gasteiger partial charge in [-0.2, -0.15) is 0 Å². The Kier molecular flexibility index (Phi) is 2.76. The molecule has 0 aliphatic rings. The van der Waals surface area contributed by atoms with Gasteiger partial charge in [-0.3, -0.25) is 0 Å². The third-order valence-corrected chi connectivity index (χ3v) is 1.88. The van der Waals surface area contributed by atoms with E-state index in [1.54, 1.807) is 0 Å². The highest BCUT2D eigenvalue weighted by molar-refractivity contribution is 5.34. The van der Waals surface area contributed by atoms with Crippen molar-refractivity contribution in [2.75, 3.05) is 7.11 Å². The predicted octanol–water partition coefficient (Wildman–Crippen LogP) is 2.20. The second-order valence-corrected chi connectivity index (χ2v) is 3.53. The van der Waals surface area contributed by atoms with Crippen molar-refractivity contribution in [1.29, 1.82) is 0 Å². The highest BCUT2D eigenvalue weighted by atomic mass is 19.1. The van der Waals surface area contributed by atoms with Crippen LogP contribution in [-0.4, -0.2) is 12.2 Å². The van der Waals surface area contributed by atoms with Gasteiger partial charge in [0.1, 0.15) is 5.82 Å². The summed E-state index contributed by atoms with van der Waals surface area (Å²) in [7, 11) is 1.24. The molecule has 0 bridgehead atoms. The third kappa shape index (κ3) is 2.01. The van der Waals surface area contributed by atoms with E-state index in [9.17, 15) is 13.9 Å². The number of aliphatic hydroxyl groups is 1. The highest BCUT2D eigenvalue weighted by Gasteiger charge is 2.24.